The van der Waals surface area contributed by atoms with Crippen LogP contribution in [-0.4, -0.2) is 18.3 Å². The Bertz CT molecular complexity index is 1020. The van der Waals surface area contributed by atoms with Crippen LogP contribution >= 0.6 is 0 Å². The van der Waals surface area contributed by atoms with Gasteiger partial charge in [0, 0.05) is 5.56 Å². The smallest absolute Gasteiger partial charge is 0.282 e. The van der Waals surface area contributed by atoms with E-state index >= 15 is 0 Å². The largest absolute Gasteiger partial charge is 0.494 e. The first-order valence-electron chi connectivity index (χ1n) is 9.24. The van der Waals surface area contributed by atoms with Gasteiger partial charge in [-0.05, 0) is 42.8 Å². The summed E-state index contributed by atoms with van der Waals surface area (Å²) >= 11 is 0. The zero-order valence-electron chi connectivity index (χ0n) is 15.6. The lowest BCUT2D eigenvalue weighted by Gasteiger charge is -2.19. The van der Waals surface area contributed by atoms with Gasteiger partial charge in [-0.15, -0.1) is 0 Å². The van der Waals surface area contributed by atoms with Gasteiger partial charge < -0.3 is 4.74 Å². The van der Waals surface area contributed by atoms with E-state index in [2.05, 4.69) is 4.99 Å². The van der Waals surface area contributed by atoms with E-state index in [9.17, 15) is 4.79 Å². The second kappa shape index (κ2) is 7.92. The van der Waals surface area contributed by atoms with E-state index in [0.29, 0.717) is 18.1 Å². The molecule has 4 heteroatoms. The summed E-state index contributed by atoms with van der Waals surface area (Å²) < 4.78 is 5.52. The van der Waals surface area contributed by atoms with Gasteiger partial charge >= 0.3 is 0 Å². The summed E-state index contributed by atoms with van der Waals surface area (Å²) in [5.74, 6) is 1.25. The van der Waals surface area contributed by atoms with Crippen LogP contribution in [0.1, 0.15) is 18.1 Å². The summed E-state index contributed by atoms with van der Waals surface area (Å²) in [4.78, 5) is 19.5. The zero-order chi connectivity index (χ0) is 19.3. The number of hydrogen-bond donors (Lipinski definition) is 0. The van der Waals surface area contributed by atoms with Crippen LogP contribution in [0, 0.1) is 0 Å². The highest BCUT2D eigenvalue weighted by Gasteiger charge is 2.32. The van der Waals surface area contributed by atoms with Gasteiger partial charge in [-0.1, -0.05) is 60.7 Å². The molecular weight excluding hydrogens is 348 g/mol. The van der Waals surface area contributed by atoms with E-state index in [1.807, 2.05) is 97.9 Å². The molecule has 0 unspecified atom stereocenters. The number of amidine groups is 1. The average molecular weight is 368 g/mol. The molecule has 0 aromatic heterocycles. The molecule has 1 amide bonds. The summed E-state index contributed by atoms with van der Waals surface area (Å²) in [6, 6.07) is 27.0. The van der Waals surface area contributed by atoms with Crippen LogP contribution in [0.2, 0.25) is 0 Å². The average Bonchev–Trinajstić information content (AvgIpc) is 3.06. The SMILES string of the molecule is CCOc1ccc(N2C(=O)/C(=C\c3ccccc3)N=C2c2ccccc2)cc1. The van der Waals surface area contributed by atoms with Gasteiger partial charge in [-0.25, -0.2) is 4.99 Å². The number of anilines is 1. The van der Waals surface area contributed by atoms with E-state index in [4.69, 9.17) is 4.74 Å². The highest BCUT2D eigenvalue weighted by Crippen LogP contribution is 2.29. The normalized spacial score (nSPS) is 15.0. The molecule has 0 radical (unpaired) electrons. The van der Waals surface area contributed by atoms with Crippen molar-refractivity contribution in [2.75, 3.05) is 11.5 Å². The van der Waals surface area contributed by atoms with Gasteiger partial charge in [0.05, 0.1) is 12.3 Å². The van der Waals surface area contributed by atoms with E-state index in [1.54, 1.807) is 4.90 Å². The molecule has 4 rings (SSSR count). The summed E-state index contributed by atoms with van der Waals surface area (Å²) in [6.45, 7) is 2.54. The van der Waals surface area contributed by atoms with Crippen molar-refractivity contribution in [1.29, 1.82) is 0 Å². The van der Waals surface area contributed by atoms with Gasteiger partial charge in [0.2, 0.25) is 0 Å². The number of carbonyl (C=O) groups excluding carboxylic acids is 1. The standard InChI is InChI=1S/C24H20N2O2/c1-2-28-21-15-13-20(14-16-21)26-23(19-11-7-4-8-12-19)25-22(24(26)27)17-18-9-5-3-6-10-18/h3-17H,2H2,1H3/b22-17+. The van der Waals surface area contributed by atoms with E-state index in [0.717, 1.165) is 22.6 Å². The third-order valence-electron chi connectivity index (χ3n) is 4.40. The molecule has 0 saturated heterocycles. The number of hydrogen-bond acceptors (Lipinski definition) is 3. The Morgan fingerprint density at radius 3 is 2.18 bits per heavy atom. The van der Waals surface area contributed by atoms with Gasteiger partial charge in [0.15, 0.2) is 0 Å². The number of ether oxygens (including phenoxy) is 1. The van der Waals surface area contributed by atoms with Crippen molar-refractivity contribution in [3.8, 4) is 5.75 Å². The van der Waals surface area contributed by atoms with Crippen LogP contribution in [-0.2, 0) is 4.79 Å². The second-order valence-electron chi connectivity index (χ2n) is 6.31. The fourth-order valence-corrected chi connectivity index (χ4v) is 3.10. The molecule has 0 atom stereocenters. The minimum Gasteiger partial charge on any atom is -0.494 e. The Labute approximate surface area is 164 Å². The third kappa shape index (κ3) is 3.58. The van der Waals surface area contributed by atoms with Crippen molar-refractivity contribution < 1.29 is 9.53 Å². The summed E-state index contributed by atoms with van der Waals surface area (Å²) in [6.07, 6.45) is 1.82. The summed E-state index contributed by atoms with van der Waals surface area (Å²) in [5, 5.41) is 0. The maximum absolute atomic E-state index is 13.2. The molecule has 0 aliphatic carbocycles. The van der Waals surface area contributed by atoms with E-state index in [1.165, 1.54) is 0 Å². The minimum absolute atomic E-state index is 0.146. The zero-order valence-corrected chi connectivity index (χ0v) is 15.6. The Kier molecular flexibility index (Phi) is 5.02. The van der Waals surface area contributed by atoms with Crippen LogP contribution in [0.5, 0.6) is 5.75 Å². The van der Waals surface area contributed by atoms with Crippen molar-refractivity contribution in [2.24, 2.45) is 4.99 Å². The molecule has 28 heavy (non-hydrogen) atoms. The predicted molar refractivity (Wildman–Crippen MR) is 112 cm³/mol. The first kappa shape index (κ1) is 17.7. The number of rotatable bonds is 5. The lowest BCUT2D eigenvalue weighted by atomic mass is 10.1. The Balaban J connectivity index is 1.76. The van der Waals surface area contributed by atoms with Gasteiger partial charge in [-0.3, -0.25) is 9.69 Å². The maximum Gasteiger partial charge on any atom is 0.282 e. The quantitative estimate of drug-likeness (QED) is 0.600. The number of nitrogens with zero attached hydrogens (tertiary/aromatic N) is 2. The number of amides is 1. The van der Waals surface area contributed by atoms with E-state index in [-0.39, 0.29) is 5.91 Å². The van der Waals surface area contributed by atoms with Gasteiger partial charge in [0.25, 0.3) is 5.91 Å². The topological polar surface area (TPSA) is 41.9 Å². The van der Waals surface area contributed by atoms with Crippen LogP contribution in [0.25, 0.3) is 6.08 Å². The number of aliphatic imine (C=N–C) groups is 1. The molecular formula is C24H20N2O2. The molecule has 0 saturated carbocycles. The van der Waals surface area contributed by atoms with Crippen LogP contribution in [0.4, 0.5) is 5.69 Å². The lowest BCUT2D eigenvalue weighted by Crippen LogP contribution is -2.32. The fraction of sp³-hybridized carbons (Fsp3) is 0.0833. The van der Waals surface area contributed by atoms with Gasteiger partial charge in [-0.2, -0.15) is 0 Å². The summed E-state index contributed by atoms with van der Waals surface area (Å²) in [5.41, 5.74) is 3.00. The first-order valence-corrected chi connectivity index (χ1v) is 9.24. The number of carbonyl (C=O) groups is 1. The van der Waals surface area contributed by atoms with Crippen molar-refractivity contribution in [3.05, 3.63) is 102 Å². The van der Waals surface area contributed by atoms with Crippen molar-refractivity contribution in [1.82, 2.24) is 0 Å². The molecule has 0 spiro atoms. The first-order chi connectivity index (χ1) is 13.8. The highest BCUT2D eigenvalue weighted by atomic mass is 16.5. The molecule has 1 aliphatic heterocycles. The lowest BCUT2D eigenvalue weighted by molar-refractivity contribution is -0.113. The molecule has 0 fully saturated rings. The van der Waals surface area contributed by atoms with Crippen molar-refractivity contribution in [2.45, 2.75) is 6.92 Å². The van der Waals surface area contributed by atoms with Crippen LogP contribution in [0.15, 0.2) is 95.6 Å². The summed E-state index contributed by atoms with van der Waals surface area (Å²) in [7, 11) is 0. The van der Waals surface area contributed by atoms with Crippen molar-refractivity contribution in [3.63, 3.8) is 0 Å². The van der Waals surface area contributed by atoms with Crippen molar-refractivity contribution >= 4 is 23.5 Å². The fourth-order valence-electron chi connectivity index (χ4n) is 3.10. The Morgan fingerprint density at radius 2 is 1.54 bits per heavy atom. The second-order valence-corrected chi connectivity index (χ2v) is 6.31. The van der Waals surface area contributed by atoms with E-state index < -0.39 is 0 Å². The molecule has 0 N–H and O–H groups in total. The molecule has 1 aliphatic rings. The monoisotopic (exact) mass is 368 g/mol. The molecule has 138 valence electrons. The molecule has 3 aromatic rings. The Hall–Kier alpha value is -3.66. The highest BCUT2D eigenvalue weighted by molar-refractivity contribution is 6.33. The molecule has 4 nitrogen and oxygen atoms in total. The third-order valence-corrected chi connectivity index (χ3v) is 4.40. The molecule has 3 aromatic carbocycles. The predicted octanol–water partition coefficient (Wildman–Crippen LogP) is 4.92. The Morgan fingerprint density at radius 1 is 0.893 bits per heavy atom. The molecule has 0 bridgehead atoms. The van der Waals surface area contributed by atoms with Crippen LogP contribution in [0.3, 0.4) is 0 Å². The number of benzene rings is 3. The van der Waals surface area contributed by atoms with Gasteiger partial charge in [0.1, 0.15) is 17.3 Å². The maximum atomic E-state index is 13.2. The van der Waals surface area contributed by atoms with Crippen LogP contribution < -0.4 is 9.64 Å². The molecule has 1 heterocycles. The minimum atomic E-state index is -0.146.